The molecule has 2 aromatic carbocycles. The second-order valence-electron chi connectivity index (χ2n) is 6.58. The second-order valence-corrected chi connectivity index (χ2v) is 6.58. The van der Waals surface area contributed by atoms with Crippen LogP contribution >= 0.6 is 0 Å². The lowest BCUT2D eigenvalue weighted by Crippen LogP contribution is -2.26. The maximum atomic E-state index is 12.8. The Kier molecular flexibility index (Phi) is 5.84. The van der Waals surface area contributed by atoms with Gasteiger partial charge in [0.05, 0.1) is 11.1 Å². The number of nitrogens with zero attached hydrogens (tertiary/aromatic N) is 2. The van der Waals surface area contributed by atoms with Crippen molar-refractivity contribution in [3.63, 3.8) is 0 Å². The average molecular weight is 373 g/mol. The zero-order valence-electron chi connectivity index (χ0n) is 16.3. The Balaban J connectivity index is 1.83. The van der Waals surface area contributed by atoms with Crippen molar-refractivity contribution in [1.82, 2.24) is 4.98 Å². The van der Waals surface area contributed by atoms with Crippen molar-refractivity contribution in [1.29, 1.82) is 0 Å². The molecule has 3 aromatic rings. The summed E-state index contributed by atoms with van der Waals surface area (Å²) in [4.78, 5) is 31.2. The van der Waals surface area contributed by atoms with Gasteiger partial charge in [-0.2, -0.15) is 0 Å². The van der Waals surface area contributed by atoms with E-state index >= 15 is 0 Å². The van der Waals surface area contributed by atoms with Crippen LogP contribution in [0.2, 0.25) is 0 Å². The Morgan fingerprint density at radius 1 is 1.00 bits per heavy atom. The van der Waals surface area contributed by atoms with Gasteiger partial charge >= 0.3 is 0 Å². The van der Waals surface area contributed by atoms with Gasteiger partial charge in [0.2, 0.25) is 0 Å². The summed E-state index contributed by atoms with van der Waals surface area (Å²) in [6.07, 6.45) is 3.76. The number of para-hydroxylation sites is 2. The maximum Gasteiger partial charge on any atom is 0.259 e. The Hall–Kier alpha value is -3.47. The second kappa shape index (κ2) is 8.48. The number of aryl methyl sites for hydroxylation is 2. The van der Waals surface area contributed by atoms with Crippen LogP contribution in [0.5, 0.6) is 0 Å². The highest BCUT2D eigenvalue weighted by atomic mass is 16.2. The highest BCUT2D eigenvalue weighted by Crippen LogP contribution is 2.22. The van der Waals surface area contributed by atoms with Gasteiger partial charge in [-0.05, 0) is 42.7 Å². The number of nitrogens with one attached hydrogen (secondary N) is 1. The largest absolute Gasteiger partial charge is 0.321 e. The fourth-order valence-corrected chi connectivity index (χ4v) is 3.03. The van der Waals surface area contributed by atoms with Crippen molar-refractivity contribution >= 4 is 23.2 Å². The number of aromatic nitrogens is 1. The summed E-state index contributed by atoms with van der Waals surface area (Å²) >= 11 is 0. The predicted molar refractivity (Wildman–Crippen MR) is 112 cm³/mol. The fraction of sp³-hybridized carbons (Fsp3) is 0.174. The highest BCUT2D eigenvalue weighted by Gasteiger charge is 2.17. The van der Waals surface area contributed by atoms with Crippen molar-refractivity contribution in [2.45, 2.75) is 20.3 Å². The van der Waals surface area contributed by atoms with Crippen molar-refractivity contribution in [2.24, 2.45) is 0 Å². The molecule has 0 saturated heterocycles. The SMILES string of the molecule is CCc1cccc(C)c1NC(=O)c1cncc(C(=O)N(C)c2ccccc2)c1. The maximum absolute atomic E-state index is 12.8. The minimum absolute atomic E-state index is 0.224. The molecule has 28 heavy (non-hydrogen) atoms. The van der Waals surface area contributed by atoms with Crippen LogP contribution in [0.4, 0.5) is 11.4 Å². The summed E-state index contributed by atoms with van der Waals surface area (Å²) in [7, 11) is 1.70. The smallest absolute Gasteiger partial charge is 0.259 e. The van der Waals surface area contributed by atoms with Crippen LogP contribution in [-0.4, -0.2) is 23.8 Å². The Morgan fingerprint density at radius 3 is 2.43 bits per heavy atom. The lowest BCUT2D eigenvalue weighted by atomic mass is 10.1. The zero-order chi connectivity index (χ0) is 20.1. The first-order valence-corrected chi connectivity index (χ1v) is 9.19. The van der Waals surface area contributed by atoms with E-state index in [4.69, 9.17) is 0 Å². The third-order valence-corrected chi connectivity index (χ3v) is 4.67. The third kappa shape index (κ3) is 4.09. The number of rotatable bonds is 5. The van der Waals surface area contributed by atoms with E-state index in [1.165, 1.54) is 17.3 Å². The molecule has 0 atom stereocenters. The summed E-state index contributed by atoms with van der Waals surface area (Å²) in [6.45, 7) is 4.01. The van der Waals surface area contributed by atoms with Gasteiger partial charge in [-0.25, -0.2) is 0 Å². The molecule has 1 heterocycles. The quantitative estimate of drug-likeness (QED) is 0.717. The van der Waals surface area contributed by atoms with Gasteiger partial charge in [-0.1, -0.05) is 43.3 Å². The Labute approximate surface area is 165 Å². The predicted octanol–water partition coefficient (Wildman–Crippen LogP) is 4.48. The Bertz CT molecular complexity index is 1000. The molecule has 0 saturated carbocycles. The number of benzene rings is 2. The van der Waals surface area contributed by atoms with Crippen molar-refractivity contribution in [2.75, 3.05) is 17.3 Å². The topological polar surface area (TPSA) is 62.3 Å². The van der Waals surface area contributed by atoms with E-state index in [9.17, 15) is 9.59 Å². The first-order valence-electron chi connectivity index (χ1n) is 9.19. The summed E-state index contributed by atoms with van der Waals surface area (Å²) in [6, 6.07) is 16.8. The molecule has 0 aliphatic heterocycles. The molecule has 0 fully saturated rings. The number of carbonyl (C=O) groups excluding carboxylic acids is 2. The first-order chi connectivity index (χ1) is 13.5. The molecule has 1 aromatic heterocycles. The van der Waals surface area contributed by atoms with Crippen molar-refractivity contribution in [3.8, 4) is 0 Å². The van der Waals surface area contributed by atoms with Crippen LogP contribution in [-0.2, 0) is 6.42 Å². The monoisotopic (exact) mass is 373 g/mol. The van der Waals surface area contributed by atoms with Gasteiger partial charge < -0.3 is 10.2 Å². The molecular weight excluding hydrogens is 350 g/mol. The average Bonchev–Trinajstić information content (AvgIpc) is 2.74. The standard InChI is InChI=1S/C23H23N3O2/c1-4-17-10-8-9-16(2)21(17)25-22(27)18-13-19(15-24-14-18)23(28)26(3)20-11-6-5-7-12-20/h5-15H,4H2,1-3H3,(H,25,27). The van der Waals surface area contributed by atoms with E-state index in [2.05, 4.69) is 10.3 Å². The van der Waals surface area contributed by atoms with Gasteiger partial charge in [-0.3, -0.25) is 14.6 Å². The fourth-order valence-electron chi connectivity index (χ4n) is 3.03. The van der Waals surface area contributed by atoms with Crippen LogP contribution in [0.15, 0.2) is 67.0 Å². The van der Waals surface area contributed by atoms with E-state index < -0.39 is 0 Å². The van der Waals surface area contributed by atoms with Gasteiger partial charge in [-0.15, -0.1) is 0 Å². The molecule has 142 valence electrons. The minimum Gasteiger partial charge on any atom is -0.321 e. The number of anilines is 2. The minimum atomic E-state index is -0.284. The molecule has 2 amide bonds. The van der Waals surface area contributed by atoms with E-state index in [-0.39, 0.29) is 11.8 Å². The van der Waals surface area contributed by atoms with E-state index in [0.717, 1.165) is 28.9 Å². The number of hydrogen-bond acceptors (Lipinski definition) is 3. The molecule has 0 bridgehead atoms. The van der Waals surface area contributed by atoms with Gasteiger partial charge in [0.25, 0.3) is 11.8 Å². The summed E-state index contributed by atoms with van der Waals surface area (Å²) in [5, 5.41) is 2.97. The Morgan fingerprint density at radius 2 is 1.71 bits per heavy atom. The van der Waals surface area contributed by atoms with E-state index in [0.29, 0.717) is 11.1 Å². The van der Waals surface area contributed by atoms with Crippen LogP contribution in [0.1, 0.15) is 38.8 Å². The summed E-state index contributed by atoms with van der Waals surface area (Å²) < 4.78 is 0. The molecular formula is C23H23N3O2. The molecule has 0 radical (unpaired) electrons. The number of amides is 2. The third-order valence-electron chi connectivity index (χ3n) is 4.67. The normalized spacial score (nSPS) is 10.4. The van der Waals surface area contributed by atoms with E-state index in [1.807, 2.05) is 62.4 Å². The van der Waals surface area contributed by atoms with Crippen LogP contribution in [0.25, 0.3) is 0 Å². The lowest BCUT2D eigenvalue weighted by Gasteiger charge is -2.17. The van der Waals surface area contributed by atoms with Crippen LogP contribution in [0, 0.1) is 6.92 Å². The first kappa shape index (κ1) is 19.3. The van der Waals surface area contributed by atoms with Crippen LogP contribution < -0.4 is 10.2 Å². The van der Waals surface area contributed by atoms with Gasteiger partial charge in [0, 0.05) is 30.8 Å². The zero-order valence-corrected chi connectivity index (χ0v) is 16.3. The van der Waals surface area contributed by atoms with Gasteiger partial charge in [0.15, 0.2) is 0 Å². The lowest BCUT2D eigenvalue weighted by molar-refractivity contribution is 0.0992. The number of carbonyl (C=O) groups is 2. The van der Waals surface area contributed by atoms with Gasteiger partial charge in [0.1, 0.15) is 0 Å². The molecule has 0 unspecified atom stereocenters. The molecule has 0 aliphatic rings. The summed E-state index contributed by atoms with van der Waals surface area (Å²) in [5.41, 5.74) is 4.36. The molecule has 5 nitrogen and oxygen atoms in total. The van der Waals surface area contributed by atoms with E-state index in [1.54, 1.807) is 13.1 Å². The molecule has 5 heteroatoms. The number of pyridine rings is 1. The number of hydrogen-bond donors (Lipinski definition) is 1. The highest BCUT2D eigenvalue weighted by molar-refractivity contribution is 6.09. The van der Waals surface area contributed by atoms with Crippen LogP contribution in [0.3, 0.4) is 0 Å². The van der Waals surface area contributed by atoms with Crippen molar-refractivity contribution < 1.29 is 9.59 Å². The molecule has 1 N–H and O–H groups in total. The van der Waals surface area contributed by atoms with Crippen molar-refractivity contribution in [3.05, 3.63) is 89.2 Å². The molecule has 3 rings (SSSR count). The molecule has 0 aliphatic carbocycles. The molecule has 0 spiro atoms. The summed E-state index contributed by atoms with van der Waals surface area (Å²) in [5.74, 6) is -0.507.